The van der Waals surface area contributed by atoms with Crippen LogP contribution in [0.3, 0.4) is 0 Å². The molecule has 0 aliphatic carbocycles. The van der Waals surface area contributed by atoms with Gasteiger partial charge >= 0.3 is 0 Å². The maximum absolute atomic E-state index is 4.52. The van der Waals surface area contributed by atoms with Crippen LogP contribution in [0.4, 0.5) is 0 Å². The average Bonchev–Trinajstić information content (AvgIpc) is 2.49. The van der Waals surface area contributed by atoms with E-state index in [1.165, 1.54) is 11.3 Å². The summed E-state index contributed by atoms with van der Waals surface area (Å²) in [5, 5.41) is 0. The molecule has 3 heterocycles. The summed E-state index contributed by atoms with van der Waals surface area (Å²) in [6.07, 6.45) is 1.15. The molecule has 1 aliphatic rings. The van der Waals surface area contributed by atoms with Gasteiger partial charge in [-0.3, -0.25) is 9.97 Å². The third kappa shape index (κ3) is 5.94. The van der Waals surface area contributed by atoms with E-state index in [1.807, 2.05) is 45.9 Å². The summed E-state index contributed by atoms with van der Waals surface area (Å²) in [7, 11) is 2.15. The first kappa shape index (κ1) is 18.3. The van der Waals surface area contributed by atoms with Gasteiger partial charge in [0.15, 0.2) is 0 Å². The highest BCUT2D eigenvalue weighted by Crippen LogP contribution is 2.15. The van der Waals surface area contributed by atoms with Gasteiger partial charge in [0.2, 0.25) is 0 Å². The molecule has 3 rings (SSSR count). The number of hydrogen-bond donors (Lipinski definition) is 0. The fourth-order valence-corrected chi connectivity index (χ4v) is 2.33. The molecule has 0 amide bonds. The Labute approximate surface area is 135 Å². The van der Waals surface area contributed by atoms with Crippen molar-refractivity contribution in [3.8, 4) is 0 Å². The molecule has 3 heteroatoms. The lowest BCUT2D eigenvalue weighted by atomic mass is 10.1. The van der Waals surface area contributed by atoms with Gasteiger partial charge in [0.05, 0.1) is 5.69 Å². The molecule has 0 bridgehead atoms. The fourth-order valence-electron chi connectivity index (χ4n) is 2.33. The first-order valence-corrected chi connectivity index (χ1v) is 8.09. The van der Waals surface area contributed by atoms with Gasteiger partial charge in [-0.05, 0) is 58.0 Å². The molecule has 0 saturated carbocycles. The molecule has 120 valence electrons. The van der Waals surface area contributed by atoms with Gasteiger partial charge in [-0.1, -0.05) is 26.0 Å². The SMILES string of the molecule is CC.Cc1ccc2c(n1)CN(C)CC2.Cc1cccc(C)n1. The third-order valence-electron chi connectivity index (χ3n) is 3.42. The minimum absolute atomic E-state index is 1.01. The van der Waals surface area contributed by atoms with E-state index in [0.717, 1.165) is 36.6 Å². The number of aromatic nitrogens is 2. The average molecular weight is 299 g/mol. The topological polar surface area (TPSA) is 29.0 Å². The summed E-state index contributed by atoms with van der Waals surface area (Å²) in [6, 6.07) is 10.3. The molecule has 2 aromatic heterocycles. The van der Waals surface area contributed by atoms with Crippen molar-refractivity contribution >= 4 is 0 Å². The van der Waals surface area contributed by atoms with Crippen LogP contribution >= 0.6 is 0 Å². The van der Waals surface area contributed by atoms with Crippen LogP contribution in [-0.2, 0) is 13.0 Å². The monoisotopic (exact) mass is 299 g/mol. The van der Waals surface area contributed by atoms with Crippen molar-refractivity contribution in [2.45, 2.75) is 47.6 Å². The minimum Gasteiger partial charge on any atom is -0.300 e. The first-order chi connectivity index (χ1) is 10.5. The smallest absolute Gasteiger partial charge is 0.0579 e. The lowest BCUT2D eigenvalue weighted by Crippen LogP contribution is -2.27. The van der Waals surface area contributed by atoms with Crippen molar-refractivity contribution in [1.29, 1.82) is 0 Å². The lowest BCUT2D eigenvalue weighted by Gasteiger charge is -2.23. The van der Waals surface area contributed by atoms with E-state index in [4.69, 9.17) is 0 Å². The molecule has 0 fully saturated rings. The Hall–Kier alpha value is -1.74. The predicted octanol–water partition coefficient (Wildman–Crippen LogP) is 4.10. The van der Waals surface area contributed by atoms with Gasteiger partial charge in [0.1, 0.15) is 0 Å². The molecule has 0 saturated heterocycles. The largest absolute Gasteiger partial charge is 0.300 e. The Morgan fingerprint density at radius 2 is 1.45 bits per heavy atom. The second kappa shape index (κ2) is 9.31. The molecule has 3 nitrogen and oxygen atoms in total. The fraction of sp³-hybridized carbons (Fsp3) is 0.474. The van der Waals surface area contributed by atoms with Crippen molar-refractivity contribution in [3.05, 3.63) is 58.7 Å². The molecule has 0 unspecified atom stereocenters. The standard InChI is InChI=1S/C10H14N2.C7H9N.C2H6/c1-8-3-4-9-5-6-12(2)7-10(9)11-8;1-6-4-3-5-7(2)8-6;1-2/h3-4H,5-7H2,1-2H3;3-5H,1-2H3;1-2H3. The number of aryl methyl sites for hydroxylation is 3. The second-order valence-corrected chi connectivity index (χ2v) is 5.47. The Balaban J connectivity index is 0.000000211. The number of fused-ring (bicyclic) bond motifs is 1. The molecule has 0 N–H and O–H groups in total. The van der Waals surface area contributed by atoms with Gasteiger partial charge in [-0.15, -0.1) is 0 Å². The van der Waals surface area contributed by atoms with E-state index >= 15 is 0 Å². The van der Waals surface area contributed by atoms with Crippen LogP contribution in [0.5, 0.6) is 0 Å². The Morgan fingerprint density at radius 3 is 2.00 bits per heavy atom. The molecular formula is C19H29N3. The van der Waals surface area contributed by atoms with Crippen molar-refractivity contribution < 1.29 is 0 Å². The summed E-state index contributed by atoms with van der Waals surface area (Å²) in [6.45, 7) is 12.2. The normalized spacial score (nSPS) is 13.2. The van der Waals surface area contributed by atoms with Crippen molar-refractivity contribution in [2.75, 3.05) is 13.6 Å². The lowest BCUT2D eigenvalue weighted by molar-refractivity contribution is 0.307. The van der Waals surface area contributed by atoms with Crippen LogP contribution in [0.25, 0.3) is 0 Å². The maximum Gasteiger partial charge on any atom is 0.0579 e. The highest BCUT2D eigenvalue weighted by atomic mass is 15.1. The molecule has 22 heavy (non-hydrogen) atoms. The highest BCUT2D eigenvalue weighted by molar-refractivity contribution is 5.24. The summed E-state index contributed by atoms with van der Waals surface area (Å²) >= 11 is 0. The van der Waals surface area contributed by atoms with E-state index in [0.29, 0.717) is 0 Å². The predicted molar refractivity (Wildman–Crippen MR) is 94.1 cm³/mol. The zero-order valence-electron chi connectivity index (χ0n) is 14.8. The van der Waals surface area contributed by atoms with Crippen LogP contribution < -0.4 is 0 Å². The quantitative estimate of drug-likeness (QED) is 0.733. The number of likely N-dealkylation sites (N-methyl/N-ethyl adjacent to an activating group) is 1. The van der Waals surface area contributed by atoms with E-state index in [-0.39, 0.29) is 0 Å². The van der Waals surface area contributed by atoms with Crippen molar-refractivity contribution in [2.24, 2.45) is 0 Å². The van der Waals surface area contributed by atoms with Gasteiger partial charge < -0.3 is 4.90 Å². The summed E-state index contributed by atoms with van der Waals surface area (Å²) in [4.78, 5) is 11.0. The van der Waals surface area contributed by atoms with E-state index < -0.39 is 0 Å². The molecular weight excluding hydrogens is 270 g/mol. The van der Waals surface area contributed by atoms with Gasteiger partial charge in [-0.25, -0.2) is 0 Å². The summed E-state index contributed by atoms with van der Waals surface area (Å²) in [5.41, 5.74) is 6.00. The van der Waals surface area contributed by atoms with Gasteiger partial charge in [0.25, 0.3) is 0 Å². The Kier molecular flexibility index (Phi) is 7.75. The number of hydrogen-bond acceptors (Lipinski definition) is 3. The molecule has 2 aromatic rings. The zero-order chi connectivity index (χ0) is 16.5. The highest BCUT2D eigenvalue weighted by Gasteiger charge is 2.13. The van der Waals surface area contributed by atoms with E-state index in [1.54, 1.807) is 0 Å². The van der Waals surface area contributed by atoms with Crippen LogP contribution in [0.2, 0.25) is 0 Å². The molecule has 0 radical (unpaired) electrons. The van der Waals surface area contributed by atoms with Gasteiger partial charge in [0, 0.05) is 30.2 Å². The van der Waals surface area contributed by atoms with Crippen molar-refractivity contribution in [3.63, 3.8) is 0 Å². The molecule has 0 aromatic carbocycles. The second-order valence-electron chi connectivity index (χ2n) is 5.47. The number of nitrogens with zero attached hydrogens (tertiary/aromatic N) is 3. The molecule has 0 atom stereocenters. The number of pyridine rings is 2. The molecule has 0 spiro atoms. The van der Waals surface area contributed by atoms with Crippen LogP contribution in [0.15, 0.2) is 30.3 Å². The third-order valence-corrected chi connectivity index (χ3v) is 3.42. The summed E-state index contributed by atoms with van der Waals surface area (Å²) in [5.74, 6) is 0. The van der Waals surface area contributed by atoms with Crippen molar-refractivity contribution in [1.82, 2.24) is 14.9 Å². The van der Waals surface area contributed by atoms with E-state index in [9.17, 15) is 0 Å². The maximum atomic E-state index is 4.52. The molecule has 1 aliphatic heterocycles. The zero-order valence-corrected chi connectivity index (χ0v) is 14.8. The van der Waals surface area contributed by atoms with Gasteiger partial charge in [-0.2, -0.15) is 0 Å². The summed E-state index contributed by atoms with van der Waals surface area (Å²) < 4.78 is 0. The number of rotatable bonds is 0. The van der Waals surface area contributed by atoms with Crippen LogP contribution in [0, 0.1) is 20.8 Å². The van der Waals surface area contributed by atoms with Crippen LogP contribution in [0.1, 0.15) is 42.2 Å². The Morgan fingerprint density at radius 1 is 0.864 bits per heavy atom. The van der Waals surface area contributed by atoms with Crippen LogP contribution in [-0.4, -0.2) is 28.5 Å². The minimum atomic E-state index is 1.01. The Bertz CT molecular complexity index is 561. The first-order valence-electron chi connectivity index (χ1n) is 8.09. The van der Waals surface area contributed by atoms with E-state index in [2.05, 4.69) is 41.0 Å².